The number of hydroxylamine groups is 2. The molecule has 2 N–H and O–H groups in total. The molecule has 0 spiro atoms. The maximum Gasteiger partial charge on any atom is 0.412 e. The van der Waals surface area contributed by atoms with Crippen molar-refractivity contribution < 1.29 is 60.9 Å². The van der Waals surface area contributed by atoms with Crippen LogP contribution >= 0.6 is 0 Å². The number of hydrogen-bond donors (Lipinski definition) is 2. The van der Waals surface area contributed by atoms with Gasteiger partial charge in [0.2, 0.25) is 5.91 Å². The normalized spacial score (nSPS) is 12.7. The summed E-state index contributed by atoms with van der Waals surface area (Å²) in [7, 11) is 1.85. The Kier molecular flexibility index (Phi) is 13.2. The van der Waals surface area contributed by atoms with E-state index in [1.807, 2.05) is 0 Å². The van der Waals surface area contributed by atoms with Crippen LogP contribution in [0.3, 0.4) is 0 Å². The van der Waals surface area contributed by atoms with Crippen LogP contribution in [0.1, 0.15) is 39.9 Å². The summed E-state index contributed by atoms with van der Waals surface area (Å²) in [5, 5.41) is 6.53. The number of nitrogens with zero attached hydrogens (tertiary/aromatic N) is 1. The van der Waals surface area contributed by atoms with E-state index in [9.17, 15) is 32.4 Å². The molecule has 3 aromatic carbocycles. The molecule has 17 heteroatoms. The fourth-order valence-corrected chi connectivity index (χ4v) is 6.02. The SMILES string of the molecule is COc1cc(OC)c(/C=C/S(=O)(=O)Cc2ccc(OC)c(OC(=O)NCCNC(=O)Cc3ccccc3C(=O)ON3C(=O)CCC3=O)c2)c(OC)c1. The van der Waals surface area contributed by atoms with E-state index in [2.05, 4.69) is 10.6 Å². The molecule has 1 fully saturated rings. The van der Waals surface area contributed by atoms with Crippen LogP contribution in [0.25, 0.3) is 6.08 Å². The van der Waals surface area contributed by atoms with Crippen LogP contribution in [-0.4, -0.2) is 84.8 Å². The second-order valence-corrected chi connectivity index (χ2v) is 12.9. The van der Waals surface area contributed by atoms with Gasteiger partial charge in [0, 0.05) is 43.5 Å². The molecular weight excluding hydrogens is 702 g/mol. The zero-order chi connectivity index (χ0) is 37.8. The molecule has 1 aliphatic rings. The number of ether oxygens (including phenoxy) is 5. The van der Waals surface area contributed by atoms with Crippen molar-refractivity contribution >= 4 is 45.7 Å². The zero-order valence-electron chi connectivity index (χ0n) is 28.8. The molecule has 1 aliphatic heterocycles. The second kappa shape index (κ2) is 17.7. The van der Waals surface area contributed by atoms with E-state index >= 15 is 0 Å². The highest BCUT2D eigenvalue weighted by Gasteiger charge is 2.33. The minimum atomic E-state index is -3.84. The number of carbonyl (C=O) groups excluding carboxylic acids is 5. The highest BCUT2D eigenvalue weighted by molar-refractivity contribution is 7.93. The molecule has 16 nitrogen and oxygen atoms in total. The van der Waals surface area contributed by atoms with E-state index < -0.39 is 45.4 Å². The molecule has 52 heavy (non-hydrogen) atoms. The Bertz CT molecular complexity index is 1940. The van der Waals surface area contributed by atoms with E-state index in [0.29, 0.717) is 39.0 Å². The summed E-state index contributed by atoms with van der Waals surface area (Å²) >= 11 is 0. The topological polar surface area (TPSA) is 202 Å². The third-order valence-corrected chi connectivity index (χ3v) is 8.76. The molecule has 0 bridgehead atoms. The number of methoxy groups -OCH3 is 4. The minimum absolute atomic E-state index is 0.00422. The number of nitrogens with one attached hydrogen (secondary N) is 2. The Balaban J connectivity index is 1.31. The van der Waals surface area contributed by atoms with Crippen LogP contribution in [0.15, 0.2) is 60.0 Å². The lowest BCUT2D eigenvalue weighted by molar-refractivity contribution is -0.172. The Morgan fingerprint density at radius 1 is 0.788 bits per heavy atom. The van der Waals surface area contributed by atoms with E-state index in [0.717, 1.165) is 5.41 Å². The molecule has 4 amide bonds. The number of benzene rings is 3. The van der Waals surface area contributed by atoms with Gasteiger partial charge >= 0.3 is 12.1 Å². The molecule has 0 aromatic heterocycles. The van der Waals surface area contributed by atoms with Crippen LogP contribution in [0, 0.1) is 0 Å². The average molecular weight is 740 g/mol. The predicted octanol–water partition coefficient (Wildman–Crippen LogP) is 2.97. The van der Waals surface area contributed by atoms with Gasteiger partial charge in [0.05, 0.1) is 51.7 Å². The Labute approximate surface area is 299 Å². The van der Waals surface area contributed by atoms with Gasteiger partial charge < -0.3 is 39.2 Å². The van der Waals surface area contributed by atoms with Gasteiger partial charge in [-0.05, 0) is 35.4 Å². The van der Waals surface area contributed by atoms with Crippen molar-refractivity contribution in [2.45, 2.75) is 25.0 Å². The molecular formula is C35H37N3O13S. The van der Waals surface area contributed by atoms with Gasteiger partial charge in [-0.1, -0.05) is 24.3 Å². The lowest BCUT2D eigenvalue weighted by atomic mass is 10.0. The number of sulfone groups is 1. The van der Waals surface area contributed by atoms with Crippen LogP contribution in [-0.2, 0) is 41.2 Å². The first-order valence-electron chi connectivity index (χ1n) is 15.6. The number of amides is 4. The first-order chi connectivity index (χ1) is 24.9. The number of hydrogen-bond acceptors (Lipinski definition) is 13. The third kappa shape index (κ3) is 10.2. The van der Waals surface area contributed by atoms with Crippen molar-refractivity contribution in [2.75, 3.05) is 41.5 Å². The van der Waals surface area contributed by atoms with Crippen molar-refractivity contribution in [1.29, 1.82) is 0 Å². The quantitative estimate of drug-likeness (QED) is 0.161. The lowest BCUT2D eigenvalue weighted by Crippen LogP contribution is -2.37. The number of rotatable bonds is 16. The van der Waals surface area contributed by atoms with Crippen molar-refractivity contribution in [1.82, 2.24) is 15.7 Å². The van der Waals surface area contributed by atoms with Crippen molar-refractivity contribution in [3.8, 4) is 28.7 Å². The summed E-state index contributed by atoms with van der Waals surface area (Å²) in [6.07, 6.45) is 0.111. The molecule has 1 saturated heterocycles. The highest BCUT2D eigenvalue weighted by Crippen LogP contribution is 2.35. The van der Waals surface area contributed by atoms with E-state index in [4.69, 9.17) is 28.5 Å². The Hall–Kier alpha value is -6.10. The molecule has 276 valence electrons. The summed E-state index contributed by atoms with van der Waals surface area (Å²) < 4.78 is 52.7. The third-order valence-electron chi connectivity index (χ3n) is 7.48. The molecule has 3 aromatic rings. The minimum Gasteiger partial charge on any atom is -0.496 e. The largest absolute Gasteiger partial charge is 0.496 e. The smallest absolute Gasteiger partial charge is 0.412 e. The second-order valence-electron chi connectivity index (χ2n) is 11.0. The Morgan fingerprint density at radius 2 is 1.42 bits per heavy atom. The molecule has 4 rings (SSSR count). The highest BCUT2D eigenvalue weighted by atomic mass is 32.2. The van der Waals surface area contributed by atoms with E-state index in [1.165, 1.54) is 64.8 Å². The fraction of sp³-hybridized carbons (Fsp3) is 0.286. The molecule has 0 saturated carbocycles. The van der Waals surface area contributed by atoms with Gasteiger partial charge in [-0.15, -0.1) is 5.06 Å². The molecule has 0 atom stereocenters. The molecule has 0 radical (unpaired) electrons. The summed E-state index contributed by atoms with van der Waals surface area (Å²) in [5.74, 6) is -1.87. The Morgan fingerprint density at radius 3 is 2.06 bits per heavy atom. The maximum atomic E-state index is 13.0. The fourth-order valence-electron chi connectivity index (χ4n) is 4.94. The maximum absolute atomic E-state index is 13.0. The monoisotopic (exact) mass is 739 g/mol. The van der Waals surface area contributed by atoms with Crippen molar-refractivity contribution in [3.63, 3.8) is 0 Å². The zero-order valence-corrected chi connectivity index (χ0v) is 29.6. The molecule has 0 aliphatic carbocycles. The van der Waals surface area contributed by atoms with Gasteiger partial charge in [-0.2, -0.15) is 0 Å². The van der Waals surface area contributed by atoms with E-state index in [1.54, 1.807) is 24.3 Å². The van der Waals surface area contributed by atoms with Crippen LogP contribution in [0.5, 0.6) is 28.7 Å². The van der Waals surface area contributed by atoms with Gasteiger partial charge in [-0.3, -0.25) is 14.4 Å². The summed E-state index contributed by atoms with van der Waals surface area (Å²) in [6, 6.07) is 13.6. The van der Waals surface area contributed by atoms with Gasteiger partial charge in [-0.25, -0.2) is 18.0 Å². The van der Waals surface area contributed by atoms with Crippen LogP contribution in [0.2, 0.25) is 0 Å². The van der Waals surface area contributed by atoms with Gasteiger partial charge in [0.25, 0.3) is 11.8 Å². The predicted molar refractivity (Wildman–Crippen MR) is 184 cm³/mol. The van der Waals surface area contributed by atoms with Crippen molar-refractivity contribution in [2.24, 2.45) is 0 Å². The molecule has 1 heterocycles. The first kappa shape index (κ1) is 38.7. The lowest BCUT2D eigenvalue weighted by Gasteiger charge is -2.14. The molecule has 0 unspecified atom stereocenters. The van der Waals surface area contributed by atoms with Crippen LogP contribution < -0.4 is 34.3 Å². The number of imide groups is 1. The van der Waals surface area contributed by atoms with Crippen LogP contribution in [0.4, 0.5) is 4.79 Å². The summed E-state index contributed by atoms with van der Waals surface area (Å²) in [6.45, 7) is -0.0598. The van der Waals surface area contributed by atoms with Crippen molar-refractivity contribution in [3.05, 3.63) is 82.3 Å². The summed E-state index contributed by atoms with van der Waals surface area (Å²) in [5.41, 5.74) is 0.989. The first-order valence-corrected chi connectivity index (χ1v) is 17.4. The van der Waals surface area contributed by atoms with Gasteiger partial charge in [0.1, 0.15) is 17.2 Å². The summed E-state index contributed by atoms with van der Waals surface area (Å²) in [4.78, 5) is 66.4. The standard InChI is InChI=1S/C35H37N3O13S/c1-46-24-19-28(48-3)26(29(20-24)49-4)13-16-52(44,45)21-22-9-10-27(47-2)30(17-22)50-35(43)37-15-14-36-31(39)18-23-7-5-6-8-25(23)34(42)51-38-32(40)11-12-33(38)41/h5-10,13,16-17,19-20H,11-12,14-15,18,21H2,1-4H3,(H,36,39)(H,37,43)/b16-13+. The van der Waals surface area contributed by atoms with E-state index in [-0.39, 0.29) is 49.4 Å². The average Bonchev–Trinajstić information content (AvgIpc) is 3.44. The number of carbonyl (C=O) groups is 5. The van der Waals surface area contributed by atoms with Gasteiger partial charge in [0.15, 0.2) is 21.3 Å².